The Kier molecular flexibility index (Phi) is 5.09. The molecule has 0 aromatic heterocycles. The van der Waals surface area contributed by atoms with Gasteiger partial charge in [-0.25, -0.2) is 4.39 Å². The van der Waals surface area contributed by atoms with Gasteiger partial charge < -0.3 is 15.7 Å². The molecule has 0 fully saturated rings. The van der Waals surface area contributed by atoms with Crippen LogP contribution in [-0.2, 0) is 9.59 Å². The van der Waals surface area contributed by atoms with E-state index in [4.69, 9.17) is 5.11 Å². The molecule has 2 amide bonds. The number of hydrogen-bond acceptors (Lipinski definition) is 3. The molecule has 0 bridgehead atoms. The largest absolute Gasteiger partial charge is 0.396 e. The van der Waals surface area contributed by atoms with E-state index in [9.17, 15) is 14.0 Å². The van der Waals surface area contributed by atoms with Crippen molar-refractivity contribution in [1.82, 2.24) is 5.32 Å². The fourth-order valence-electron chi connectivity index (χ4n) is 1.10. The first-order valence-electron chi connectivity index (χ1n) is 5.09. The molecule has 1 rings (SSSR count). The smallest absolute Gasteiger partial charge is 0.313 e. The lowest BCUT2D eigenvalue weighted by molar-refractivity contribution is -0.136. The van der Waals surface area contributed by atoms with Crippen molar-refractivity contribution in [3.63, 3.8) is 0 Å². The Hall–Kier alpha value is -1.95. The number of carbonyl (C=O) groups is 2. The van der Waals surface area contributed by atoms with Crippen molar-refractivity contribution in [3.05, 3.63) is 30.1 Å². The summed E-state index contributed by atoms with van der Waals surface area (Å²) in [4.78, 5) is 22.5. The molecule has 5 nitrogen and oxygen atoms in total. The highest BCUT2D eigenvalue weighted by Crippen LogP contribution is 2.11. The van der Waals surface area contributed by atoms with E-state index in [0.717, 1.165) is 0 Å². The van der Waals surface area contributed by atoms with Gasteiger partial charge in [0.1, 0.15) is 5.82 Å². The second kappa shape index (κ2) is 6.59. The molecule has 3 N–H and O–H groups in total. The van der Waals surface area contributed by atoms with Gasteiger partial charge in [-0.2, -0.15) is 0 Å². The number of amides is 2. The molecular formula is C11H13FN2O3. The number of aliphatic hydroxyl groups is 1. The van der Waals surface area contributed by atoms with Crippen molar-refractivity contribution in [2.75, 3.05) is 18.5 Å². The molecule has 0 aliphatic heterocycles. The number of nitrogens with one attached hydrogen (secondary N) is 2. The summed E-state index contributed by atoms with van der Waals surface area (Å²) in [5.41, 5.74) is -0.0465. The lowest BCUT2D eigenvalue weighted by Crippen LogP contribution is -2.36. The number of anilines is 1. The third-order valence-corrected chi connectivity index (χ3v) is 1.95. The summed E-state index contributed by atoms with van der Waals surface area (Å²) < 4.78 is 13.1. The van der Waals surface area contributed by atoms with Crippen LogP contribution in [0.1, 0.15) is 6.42 Å². The summed E-state index contributed by atoms with van der Waals surface area (Å²) in [5, 5.41) is 12.9. The first-order valence-corrected chi connectivity index (χ1v) is 5.09. The Morgan fingerprint density at radius 2 is 1.94 bits per heavy atom. The van der Waals surface area contributed by atoms with E-state index in [2.05, 4.69) is 10.6 Å². The monoisotopic (exact) mass is 240 g/mol. The van der Waals surface area contributed by atoms with Gasteiger partial charge in [-0.1, -0.05) is 12.1 Å². The highest BCUT2D eigenvalue weighted by Gasteiger charge is 2.14. The van der Waals surface area contributed by atoms with Gasteiger partial charge in [0.25, 0.3) is 0 Å². The molecule has 0 radical (unpaired) electrons. The summed E-state index contributed by atoms with van der Waals surface area (Å²) in [5.74, 6) is -2.40. The Bertz CT molecular complexity index is 409. The van der Waals surface area contributed by atoms with Gasteiger partial charge in [-0.3, -0.25) is 9.59 Å². The van der Waals surface area contributed by atoms with E-state index in [0.29, 0.717) is 6.42 Å². The van der Waals surface area contributed by atoms with Crippen molar-refractivity contribution in [3.8, 4) is 0 Å². The van der Waals surface area contributed by atoms with Crippen LogP contribution in [0.5, 0.6) is 0 Å². The summed E-state index contributed by atoms with van der Waals surface area (Å²) >= 11 is 0. The molecule has 0 aliphatic carbocycles. The van der Waals surface area contributed by atoms with Crippen LogP contribution in [0, 0.1) is 5.82 Å². The van der Waals surface area contributed by atoms with E-state index < -0.39 is 17.6 Å². The Labute approximate surface area is 97.6 Å². The summed E-state index contributed by atoms with van der Waals surface area (Å²) in [6.45, 7) is 0.120. The van der Waals surface area contributed by atoms with Gasteiger partial charge in [-0.15, -0.1) is 0 Å². The molecule has 0 unspecified atom stereocenters. The maximum atomic E-state index is 13.1. The summed E-state index contributed by atoms with van der Waals surface area (Å²) in [6, 6.07) is 5.56. The van der Waals surface area contributed by atoms with Crippen LogP contribution >= 0.6 is 0 Å². The standard InChI is InChI=1S/C11H13FN2O3/c12-8-4-1-2-5-9(8)14-11(17)10(16)13-6-3-7-15/h1-2,4-5,15H,3,6-7H2,(H,13,16)(H,14,17). The number of hydrogen-bond donors (Lipinski definition) is 3. The molecule has 0 saturated heterocycles. The molecule has 1 aromatic carbocycles. The van der Waals surface area contributed by atoms with Crippen LogP contribution in [0.2, 0.25) is 0 Å². The van der Waals surface area contributed by atoms with Gasteiger partial charge in [0.15, 0.2) is 0 Å². The Morgan fingerprint density at radius 3 is 2.59 bits per heavy atom. The zero-order chi connectivity index (χ0) is 12.7. The van der Waals surface area contributed by atoms with E-state index in [1.807, 2.05) is 0 Å². The number of para-hydroxylation sites is 1. The van der Waals surface area contributed by atoms with E-state index in [1.54, 1.807) is 6.07 Å². The first kappa shape index (κ1) is 13.1. The van der Waals surface area contributed by atoms with E-state index in [1.165, 1.54) is 18.2 Å². The third-order valence-electron chi connectivity index (χ3n) is 1.95. The van der Waals surface area contributed by atoms with Gasteiger partial charge >= 0.3 is 11.8 Å². The second-order valence-corrected chi connectivity index (χ2v) is 3.27. The van der Waals surface area contributed by atoms with Crippen molar-refractivity contribution < 1.29 is 19.1 Å². The predicted octanol–water partition coefficient (Wildman–Crippen LogP) is 0.263. The van der Waals surface area contributed by atoms with Crippen molar-refractivity contribution >= 4 is 17.5 Å². The van der Waals surface area contributed by atoms with Gasteiger partial charge in [0.05, 0.1) is 5.69 Å². The lowest BCUT2D eigenvalue weighted by atomic mass is 10.3. The van der Waals surface area contributed by atoms with Crippen LogP contribution in [0.4, 0.5) is 10.1 Å². The number of carbonyl (C=O) groups excluding carboxylic acids is 2. The summed E-state index contributed by atoms with van der Waals surface area (Å²) in [7, 11) is 0. The van der Waals surface area contributed by atoms with Gasteiger partial charge in [0, 0.05) is 13.2 Å². The fourth-order valence-corrected chi connectivity index (χ4v) is 1.10. The molecule has 17 heavy (non-hydrogen) atoms. The minimum atomic E-state index is -0.937. The van der Waals surface area contributed by atoms with Crippen LogP contribution in [0.25, 0.3) is 0 Å². The maximum absolute atomic E-state index is 13.1. The average Bonchev–Trinajstić information content (AvgIpc) is 2.32. The molecule has 6 heteroatoms. The van der Waals surface area contributed by atoms with Crippen LogP contribution < -0.4 is 10.6 Å². The third kappa shape index (κ3) is 4.20. The van der Waals surface area contributed by atoms with Crippen LogP contribution in [0.15, 0.2) is 24.3 Å². The van der Waals surface area contributed by atoms with Gasteiger partial charge in [0.2, 0.25) is 0 Å². The van der Waals surface area contributed by atoms with Crippen LogP contribution in [0.3, 0.4) is 0 Å². The van der Waals surface area contributed by atoms with E-state index >= 15 is 0 Å². The normalized spacial score (nSPS) is 9.76. The summed E-state index contributed by atoms with van der Waals surface area (Å²) in [6.07, 6.45) is 0.360. The lowest BCUT2D eigenvalue weighted by Gasteiger charge is -2.06. The second-order valence-electron chi connectivity index (χ2n) is 3.27. The fraction of sp³-hybridized carbons (Fsp3) is 0.273. The SMILES string of the molecule is O=C(NCCCO)C(=O)Nc1ccccc1F. The topological polar surface area (TPSA) is 78.4 Å². The Morgan fingerprint density at radius 1 is 1.24 bits per heavy atom. The predicted molar refractivity (Wildman–Crippen MR) is 59.7 cm³/mol. The molecule has 92 valence electrons. The van der Waals surface area contributed by atoms with Crippen LogP contribution in [-0.4, -0.2) is 30.1 Å². The molecule has 0 spiro atoms. The quantitative estimate of drug-likeness (QED) is 0.522. The van der Waals surface area contributed by atoms with Gasteiger partial charge in [-0.05, 0) is 18.6 Å². The zero-order valence-corrected chi connectivity index (χ0v) is 9.07. The van der Waals surface area contributed by atoms with Crippen molar-refractivity contribution in [2.45, 2.75) is 6.42 Å². The average molecular weight is 240 g/mol. The minimum Gasteiger partial charge on any atom is -0.396 e. The van der Waals surface area contributed by atoms with E-state index in [-0.39, 0.29) is 18.8 Å². The molecule has 0 aliphatic rings. The number of rotatable bonds is 4. The molecule has 0 saturated carbocycles. The van der Waals surface area contributed by atoms with Crippen molar-refractivity contribution in [1.29, 1.82) is 0 Å². The number of benzene rings is 1. The Balaban J connectivity index is 2.49. The molecule has 0 heterocycles. The van der Waals surface area contributed by atoms with Crippen molar-refractivity contribution in [2.24, 2.45) is 0 Å². The molecular weight excluding hydrogens is 227 g/mol. The first-order chi connectivity index (χ1) is 8.15. The number of halogens is 1. The highest BCUT2D eigenvalue weighted by atomic mass is 19.1. The zero-order valence-electron chi connectivity index (χ0n) is 9.07. The molecule has 1 aromatic rings. The molecule has 0 atom stereocenters. The highest BCUT2D eigenvalue weighted by molar-refractivity contribution is 6.39. The number of aliphatic hydroxyl groups excluding tert-OH is 1. The maximum Gasteiger partial charge on any atom is 0.313 e. The minimum absolute atomic E-state index is 0.0465.